The van der Waals surface area contributed by atoms with Gasteiger partial charge in [-0.2, -0.15) is 5.10 Å². The molecule has 2 N–H and O–H groups in total. The van der Waals surface area contributed by atoms with E-state index in [0.717, 1.165) is 6.20 Å². The van der Waals surface area contributed by atoms with Crippen molar-refractivity contribution < 1.29 is 9.90 Å². The fourth-order valence-corrected chi connectivity index (χ4v) is 3.79. The number of carbonyl (C=O) groups is 1. The summed E-state index contributed by atoms with van der Waals surface area (Å²) < 4.78 is 0. The Kier molecular flexibility index (Phi) is 6.72. The van der Waals surface area contributed by atoms with Crippen LogP contribution in [0.4, 0.5) is 0 Å². The van der Waals surface area contributed by atoms with E-state index in [2.05, 4.69) is 42.3 Å². The quantitative estimate of drug-likeness (QED) is 0.594. The van der Waals surface area contributed by atoms with Gasteiger partial charge in [0, 0.05) is 18.5 Å². The SMILES string of the molecule is B[C@@H](CN(C(=O)c1n[nH]cc(O)c1=O)C(C)C)C(c1ccccc1)c1ccccc1. The van der Waals surface area contributed by atoms with Crippen molar-refractivity contribution in [2.45, 2.75) is 31.6 Å². The fraction of sp³-hybridized carbons (Fsp3) is 0.261. The zero-order chi connectivity index (χ0) is 21.7. The van der Waals surface area contributed by atoms with Crippen LogP contribution in [0.5, 0.6) is 5.75 Å². The normalized spacial score (nSPS) is 12.1. The first-order chi connectivity index (χ1) is 14.4. The minimum atomic E-state index is -0.764. The number of H-pyrrole nitrogens is 1. The number of hydrogen-bond donors (Lipinski definition) is 2. The van der Waals surface area contributed by atoms with Gasteiger partial charge in [0.1, 0.15) is 7.85 Å². The van der Waals surface area contributed by atoms with Gasteiger partial charge in [0.05, 0.1) is 6.20 Å². The lowest BCUT2D eigenvalue weighted by atomic mass is 9.70. The summed E-state index contributed by atoms with van der Waals surface area (Å²) in [7, 11) is 2.10. The number of nitrogens with one attached hydrogen (secondary N) is 1. The van der Waals surface area contributed by atoms with Crippen LogP contribution in [-0.2, 0) is 0 Å². The third-order valence-electron chi connectivity index (χ3n) is 5.28. The van der Waals surface area contributed by atoms with Gasteiger partial charge in [0.15, 0.2) is 11.4 Å². The maximum atomic E-state index is 13.1. The van der Waals surface area contributed by atoms with E-state index in [0.29, 0.717) is 6.54 Å². The van der Waals surface area contributed by atoms with Crippen LogP contribution in [0.15, 0.2) is 71.7 Å². The van der Waals surface area contributed by atoms with E-state index in [9.17, 15) is 14.7 Å². The number of benzene rings is 2. The number of carbonyl (C=O) groups excluding carboxylic acids is 1. The molecule has 1 aromatic heterocycles. The Bertz CT molecular complexity index is 999. The van der Waals surface area contributed by atoms with Crippen LogP contribution in [0.3, 0.4) is 0 Å². The maximum absolute atomic E-state index is 13.1. The predicted octanol–water partition coefficient (Wildman–Crippen LogP) is 2.58. The number of aromatic hydroxyl groups is 1. The average Bonchev–Trinajstić information content (AvgIpc) is 2.75. The summed E-state index contributed by atoms with van der Waals surface area (Å²) in [5, 5.41) is 15.9. The molecule has 0 fully saturated rings. The Labute approximate surface area is 177 Å². The molecule has 1 atom stereocenters. The first-order valence-corrected chi connectivity index (χ1v) is 10.1. The van der Waals surface area contributed by atoms with E-state index in [1.165, 1.54) is 11.1 Å². The van der Waals surface area contributed by atoms with Crippen molar-refractivity contribution in [2.75, 3.05) is 6.54 Å². The Morgan fingerprint density at radius 2 is 1.60 bits per heavy atom. The summed E-state index contributed by atoms with van der Waals surface area (Å²) in [6, 6.07) is 20.3. The van der Waals surface area contributed by atoms with E-state index >= 15 is 0 Å². The molecule has 0 bridgehead atoms. The van der Waals surface area contributed by atoms with E-state index in [1.54, 1.807) is 4.90 Å². The largest absolute Gasteiger partial charge is 0.503 e. The summed E-state index contributed by atoms with van der Waals surface area (Å²) in [6.07, 6.45) is 1.07. The number of aromatic amines is 1. The molecule has 3 rings (SSSR count). The lowest BCUT2D eigenvalue weighted by molar-refractivity contribution is 0.0692. The monoisotopic (exact) mass is 403 g/mol. The van der Waals surface area contributed by atoms with Crippen LogP contribution in [-0.4, -0.2) is 46.5 Å². The standard InChI is InChI=1S/C23H26BN3O3/c1-15(2)27(23(30)21-22(29)19(28)13-25-26-21)14-18(24)20(16-9-5-3-6-10-16)17-11-7-4-8-12-17/h3-13,15,18,20H,14,24H2,1-2H3,(H,25,29)(H,26,28)/t18-/m0/s1. The minimum absolute atomic E-state index is 0.0672. The zero-order valence-corrected chi connectivity index (χ0v) is 17.4. The van der Waals surface area contributed by atoms with E-state index in [4.69, 9.17) is 0 Å². The summed E-state index contributed by atoms with van der Waals surface area (Å²) in [5.41, 5.74) is 1.27. The second-order valence-corrected chi connectivity index (χ2v) is 7.78. The van der Waals surface area contributed by atoms with Crippen LogP contribution in [0.2, 0.25) is 5.82 Å². The second-order valence-electron chi connectivity index (χ2n) is 7.78. The molecule has 154 valence electrons. The molecule has 7 heteroatoms. The van der Waals surface area contributed by atoms with Gasteiger partial charge in [-0.15, -0.1) is 0 Å². The summed E-state index contributed by atoms with van der Waals surface area (Å²) in [4.78, 5) is 27.0. The lowest BCUT2D eigenvalue weighted by Gasteiger charge is -2.33. The molecular formula is C23H26BN3O3. The Morgan fingerprint density at radius 1 is 1.07 bits per heavy atom. The van der Waals surface area contributed by atoms with Crippen molar-refractivity contribution in [1.29, 1.82) is 0 Å². The van der Waals surface area contributed by atoms with Crippen LogP contribution < -0.4 is 5.43 Å². The third-order valence-corrected chi connectivity index (χ3v) is 5.28. The van der Waals surface area contributed by atoms with Crippen molar-refractivity contribution >= 4 is 13.8 Å². The lowest BCUT2D eigenvalue weighted by Crippen LogP contribution is -2.42. The Balaban J connectivity index is 1.94. The molecule has 1 heterocycles. The Morgan fingerprint density at radius 3 is 2.10 bits per heavy atom. The molecule has 0 saturated heterocycles. The van der Waals surface area contributed by atoms with Gasteiger partial charge in [-0.1, -0.05) is 60.7 Å². The number of amides is 1. The predicted molar refractivity (Wildman–Crippen MR) is 120 cm³/mol. The molecular weight excluding hydrogens is 377 g/mol. The van der Waals surface area contributed by atoms with Crippen molar-refractivity contribution in [3.05, 3.63) is 93.9 Å². The van der Waals surface area contributed by atoms with E-state index in [1.807, 2.05) is 50.2 Å². The molecule has 1 amide bonds. The fourth-order valence-electron chi connectivity index (χ4n) is 3.79. The van der Waals surface area contributed by atoms with Gasteiger partial charge in [-0.25, -0.2) is 0 Å². The maximum Gasteiger partial charge on any atom is 0.278 e. The molecule has 0 aliphatic carbocycles. The first-order valence-electron chi connectivity index (χ1n) is 10.1. The highest BCUT2D eigenvalue weighted by molar-refractivity contribution is 6.13. The van der Waals surface area contributed by atoms with Crippen LogP contribution in [0.1, 0.15) is 41.4 Å². The third kappa shape index (κ3) is 4.62. The van der Waals surface area contributed by atoms with Gasteiger partial charge >= 0.3 is 0 Å². The van der Waals surface area contributed by atoms with Crippen LogP contribution in [0, 0.1) is 0 Å². The van der Waals surface area contributed by atoms with Crippen molar-refractivity contribution in [1.82, 2.24) is 15.1 Å². The van der Waals surface area contributed by atoms with Crippen LogP contribution >= 0.6 is 0 Å². The molecule has 6 nitrogen and oxygen atoms in total. The van der Waals surface area contributed by atoms with Gasteiger partial charge in [-0.3, -0.25) is 14.7 Å². The van der Waals surface area contributed by atoms with Gasteiger partial charge in [0.2, 0.25) is 0 Å². The van der Waals surface area contributed by atoms with E-state index in [-0.39, 0.29) is 23.5 Å². The molecule has 3 aromatic rings. The zero-order valence-electron chi connectivity index (χ0n) is 17.4. The topological polar surface area (TPSA) is 86.3 Å². The number of nitrogens with zero attached hydrogens (tertiary/aromatic N) is 2. The molecule has 0 unspecified atom stereocenters. The molecule has 0 spiro atoms. The molecule has 2 aromatic carbocycles. The summed E-state index contributed by atoms with van der Waals surface area (Å²) in [5.74, 6) is -0.861. The minimum Gasteiger partial charge on any atom is -0.503 e. The molecule has 0 aliphatic rings. The molecule has 0 saturated carbocycles. The smallest absolute Gasteiger partial charge is 0.278 e. The highest BCUT2D eigenvalue weighted by atomic mass is 16.3. The molecule has 0 radical (unpaired) electrons. The second kappa shape index (κ2) is 9.44. The van der Waals surface area contributed by atoms with Gasteiger partial charge in [0.25, 0.3) is 11.3 Å². The van der Waals surface area contributed by atoms with Crippen molar-refractivity contribution in [3.8, 4) is 5.75 Å². The molecule has 30 heavy (non-hydrogen) atoms. The van der Waals surface area contributed by atoms with Crippen LogP contribution in [0.25, 0.3) is 0 Å². The first kappa shape index (κ1) is 21.4. The molecule has 0 aliphatic heterocycles. The number of aromatic nitrogens is 2. The van der Waals surface area contributed by atoms with E-state index < -0.39 is 17.1 Å². The Hall–Kier alpha value is -3.35. The van der Waals surface area contributed by atoms with Crippen molar-refractivity contribution in [3.63, 3.8) is 0 Å². The highest BCUT2D eigenvalue weighted by Crippen LogP contribution is 2.35. The average molecular weight is 403 g/mol. The van der Waals surface area contributed by atoms with Gasteiger partial charge in [-0.05, 0) is 30.8 Å². The summed E-state index contributed by atoms with van der Waals surface area (Å²) in [6.45, 7) is 4.24. The summed E-state index contributed by atoms with van der Waals surface area (Å²) >= 11 is 0. The number of rotatable bonds is 7. The van der Waals surface area contributed by atoms with Gasteiger partial charge < -0.3 is 10.0 Å². The van der Waals surface area contributed by atoms with Crippen molar-refractivity contribution in [2.24, 2.45) is 0 Å². The highest BCUT2D eigenvalue weighted by Gasteiger charge is 2.29. The number of hydrogen-bond acceptors (Lipinski definition) is 4.